The van der Waals surface area contributed by atoms with E-state index in [0.717, 1.165) is 5.56 Å². The van der Waals surface area contributed by atoms with Crippen molar-refractivity contribution in [1.29, 1.82) is 0 Å². The number of hydrogen-bond donors (Lipinski definition) is 1. The van der Waals surface area contributed by atoms with Crippen LogP contribution in [0.1, 0.15) is 5.56 Å². The lowest BCUT2D eigenvalue weighted by Crippen LogP contribution is -1.86. The number of aromatic nitrogens is 2. The topological polar surface area (TPSA) is 71.8 Å². The molecule has 1 N–H and O–H groups in total. The average molecular weight is 177 g/mol. The summed E-state index contributed by atoms with van der Waals surface area (Å²) in [5.74, 6) is 0. The van der Waals surface area contributed by atoms with Crippen molar-refractivity contribution in [3.8, 4) is 0 Å². The van der Waals surface area contributed by atoms with Crippen LogP contribution in [0, 0.1) is 17.0 Å². The Morgan fingerprint density at radius 1 is 1.62 bits per heavy atom. The van der Waals surface area contributed by atoms with E-state index in [9.17, 15) is 10.1 Å². The number of hydrogen-bond acceptors (Lipinski definition) is 3. The fraction of sp³-hybridized carbons (Fsp3) is 0.125. The summed E-state index contributed by atoms with van der Waals surface area (Å²) in [6.45, 7) is 1.89. The molecule has 0 radical (unpaired) electrons. The molecule has 0 aliphatic rings. The first-order valence-corrected chi connectivity index (χ1v) is 3.76. The Hall–Kier alpha value is -1.91. The highest BCUT2D eigenvalue weighted by Crippen LogP contribution is 2.22. The molecule has 0 saturated carbocycles. The lowest BCUT2D eigenvalue weighted by Gasteiger charge is -1.90. The molecule has 0 bridgehead atoms. The van der Waals surface area contributed by atoms with E-state index in [2.05, 4.69) is 9.97 Å². The van der Waals surface area contributed by atoms with Gasteiger partial charge in [0.05, 0.1) is 16.6 Å². The monoisotopic (exact) mass is 177 g/mol. The summed E-state index contributed by atoms with van der Waals surface area (Å²) >= 11 is 0. The first-order valence-electron chi connectivity index (χ1n) is 3.76. The lowest BCUT2D eigenvalue weighted by atomic mass is 10.3. The van der Waals surface area contributed by atoms with Crippen LogP contribution in [0.3, 0.4) is 0 Å². The molecule has 66 valence electrons. The van der Waals surface area contributed by atoms with Crippen molar-refractivity contribution >= 4 is 16.7 Å². The summed E-state index contributed by atoms with van der Waals surface area (Å²) < 4.78 is 0. The van der Waals surface area contributed by atoms with Crippen molar-refractivity contribution in [2.24, 2.45) is 0 Å². The molecule has 5 nitrogen and oxygen atoms in total. The number of pyridine rings is 1. The highest BCUT2D eigenvalue weighted by Gasteiger charge is 2.14. The SMILES string of the molecule is Cc1cnc2c([N+](=O)[O-])c[nH]c2c1. The normalized spacial score (nSPS) is 10.5. The van der Waals surface area contributed by atoms with E-state index in [0.29, 0.717) is 11.0 Å². The largest absolute Gasteiger partial charge is 0.354 e. The molecule has 2 heterocycles. The van der Waals surface area contributed by atoms with Gasteiger partial charge in [0.25, 0.3) is 0 Å². The maximum Gasteiger partial charge on any atom is 0.312 e. The van der Waals surface area contributed by atoms with Gasteiger partial charge in [0, 0.05) is 6.20 Å². The van der Waals surface area contributed by atoms with Crippen molar-refractivity contribution in [2.75, 3.05) is 0 Å². The first kappa shape index (κ1) is 7.72. The Morgan fingerprint density at radius 2 is 2.38 bits per heavy atom. The predicted molar refractivity (Wildman–Crippen MR) is 47.5 cm³/mol. The van der Waals surface area contributed by atoms with Gasteiger partial charge in [-0.2, -0.15) is 0 Å². The predicted octanol–water partition coefficient (Wildman–Crippen LogP) is 1.78. The molecule has 0 aliphatic heterocycles. The molecule has 13 heavy (non-hydrogen) atoms. The van der Waals surface area contributed by atoms with Gasteiger partial charge in [0.15, 0.2) is 5.52 Å². The fourth-order valence-corrected chi connectivity index (χ4v) is 1.24. The van der Waals surface area contributed by atoms with Crippen LogP contribution in [0.15, 0.2) is 18.5 Å². The minimum Gasteiger partial charge on any atom is -0.354 e. The molecule has 2 aromatic heterocycles. The number of H-pyrrole nitrogens is 1. The minimum absolute atomic E-state index is 0.0231. The summed E-state index contributed by atoms with van der Waals surface area (Å²) in [6, 6.07) is 1.83. The summed E-state index contributed by atoms with van der Waals surface area (Å²) in [7, 11) is 0. The van der Waals surface area contributed by atoms with Gasteiger partial charge in [-0.05, 0) is 18.6 Å². The number of nitrogens with zero attached hydrogens (tertiary/aromatic N) is 2. The van der Waals surface area contributed by atoms with Crippen molar-refractivity contribution in [3.05, 3.63) is 34.1 Å². The van der Waals surface area contributed by atoms with Gasteiger partial charge in [-0.3, -0.25) is 10.1 Å². The molecule has 0 unspecified atom stereocenters. The van der Waals surface area contributed by atoms with E-state index in [1.54, 1.807) is 6.20 Å². The zero-order valence-electron chi connectivity index (χ0n) is 6.94. The third-order valence-electron chi connectivity index (χ3n) is 1.83. The second kappa shape index (κ2) is 2.55. The number of nitrogens with one attached hydrogen (secondary N) is 1. The maximum absolute atomic E-state index is 10.5. The van der Waals surface area contributed by atoms with E-state index >= 15 is 0 Å². The van der Waals surface area contributed by atoms with Gasteiger partial charge in [0.1, 0.15) is 0 Å². The van der Waals surface area contributed by atoms with Crippen LogP contribution < -0.4 is 0 Å². The van der Waals surface area contributed by atoms with Gasteiger partial charge in [-0.15, -0.1) is 0 Å². The molecule has 0 fully saturated rings. The molecule has 0 saturated heterocycles. The Balaban J connectivity index is 2.76. The Bertz CT molecular complexity index is 475. The molecule has 0 aliphatic carbocycles. The Kier molecular flexibility index (Phi) is 1.51. The van der Waals surface area contributed by atoms with E-state index in [-0.39, 0.29) is 5.69 Å². The summed E-state index contributed by atoms with van der Waals surface area (Å²) in [5, 5.41) is 10.5. The van der Waals surface area contributed by atoms with E-state index in [1.165, 1.54) is 6.20 Å². The number of fused-ring (bicyclic) bond motifs is 1. The highest BCUT2D eigenvalue weighted by atomic mass is 16.6. The van der Waals surface area contributed by atoms with Gasteiger partial charge in [0.2, 0.25) is 0 Å². The maximum atomic E-state index is 10.5. The van der Waals surface area contributed by atoms with Crippen LogP contribution in [0.4, 0.5) is 5.69 Å². The summed E-state index contributed by atoms with van der Waals surface area (Å²) in [5.41, 5.74) is 2.11. The zero-order valence-corrected chi connectivity index (χ0v) is 6.94. The molecule has 0 atom stereocenters. The lowest BCUT2D eigenvalue weighted by molar-refractivity contribution is -0.383. The van der Waals surface area contributed by atoms with Gasteiger partial charge < -0.3 is 4.98 Å². The number of aromatic amines is 1. The second-order valence-corrected chi connectivity index (χ2v) is 2.84. The number of aryl methyl sites for hydroxylation is 1. The highest BCUT2D eigenvalue weighted by molar-refractivity contribution is 5.84. The molecule has 0 aromatic carbocycles. The number of nitro groups is 1. The Labute approximate surface area is 73.6 Å². The van der Waals surface area contributed by atoms with E-state index in [1.807, 2.05) is 13.0 Å². The summed E-state index contributed by atoms with van der Waals surface area (Å²) in [4.78, 5) is 16.9. The van der Waals surface area contributed by atoms with Gasteiger partial charge in [-0.25, -0.2) is 4.98 Å². The van der Waals surface area contributed by atoms with E-state index < -0.39 is 4.92 Å². The zero-order chi connectivity index (χ0) is 9.42. The van der Waals surface area contributed by atoms with Crippen LogP contribution in [0.5, 0.6) is 0 Å². The molecular formula is C8H7N3O2. The molecule has 2 aromatic rings. The standard InChI is InChI=1S/C8H7N3O2/c1-5-2-6-8(10-3-5)7(4-9-6)11(12)13/h2-4,9H,1H3. The van der Waals surface area contributed by atoms with Crippen LogP contribution in [-0.2, 0) is 0 Å². The third-order valence-corrected chi connectivity index (χ3v) is 1.83. The minimum atomic E-state index is -0.443. The van der Waals surface area contributed by atoms with Gasteiger partial charge in [-0.1, -0.05) is 0 Å². The molecular weight excluding hydrogens is 170 g/mol. The number of rotatable bonds is 1. The average Bonchev–Trinajstić information content (AvgIpc) is 2.46. The second-order valence-electron chi connectivity index (χ2n) is 2.84. The molecule has 0 spiro atoms. The Morgan fingerprint density at radius 3 is 3.08 bits per heavy atom. The molecule has 5 heteroatoms. The van der Waals surface area contributed by atoms with Crippen LogP contribution >= 0.6 is 0 Å². The van der Waals surface area contributed by atoms with Crippen molar-refractivity contribution < 1.29 is 4.92 Å². The molecule has 0 amide bonds. The van der Waals surface area contributed by atoms with Crippen molar-refractivity contribution in [1.82, 2.24) is 9.97 Å². The van der Waals surface area contributed by atoms with Crippen LogP contribution in [0.25, 0.3) is 11.0 Å². The van der Waals surface area contributed by atoms with Crippen LogP contribution in [0.2, 0.25) is 0 Å². The van der Waals surface area contributed by atoms with E-state index in [4.69, 9.17) is 0 Å². The van der Waals surface area contributed by atoms with Crippen molar-refractivity contribution in [3.63, 3.8) is 0 Å². The van der Waals surface area contributed by atoms with Crippen molar-refractivity contribution in [2.45, 2.75) is 6.92 Å². The fourth-order valence-electron chi connectivity index (χ4n) is 1.24. The molecule has 2 rings (SSSR count). The van der Waals surface area contributed by atoms with Gasteiger partial charge >= 0.3 is 5.69 Å². The third kappa shape index (κ3) is 1.14. The summed E-state index contributed by atoms with van der Waals surface area (Å²) in [6.07, 6.45) is 2.97. The first-order chi connectivity index (χ1) is 6.18. The smallest absolute Gasteiger partial charge is 0.312 e. The van der Waals surface area contributed by atoms with Crippen LogP contribution in [-0.4, -0.2) is 14.9 Å². The quantitative estimate of drug-likeness (QED) is 0.533.